The molecule has 1 aromatic carbocycles. The van der Waals surface area contributed by atoms with Crippen LogP contribution in [0.2, 0.25) is 0 Å². The summed E-state index contributed by atoms with van der Waals surface area (Å²) in [5.41, 5.74) is 1.25. The molecule has 3 rings (SSSR count). The van der Waals surface area contributed by atoms with Crippen molar-refractivity contribution in [1.82, 2.24) is 15.6 Å². The molecule has 8 nitrogen and oxygen atoms in total. The minimum atomic E-state index is -0.412. The fraction of sp³-hybridized carbons (Fsp3) is 0.300. The van der Waals surface area contributed by atoms with E-state index in [9.17, 15) is 14.4 Å². The van der Waals surface area contributed by atoms with Gasteiger partial charge in [0.25, 0.3) is 5.91 Å². The van der Waals surface area contributed by atoms with Gasteiger partial charge in [0, 0.05) is 49.7 Å². The number of methoxy groups -OCH3 is 1. The van der Waals surface area contributed by atoms with Crippen molar-refractivity contribution in [3.05, 3.63) is 54.4 Å². The number of ether oxygens (including phenoxy) is 1. The van der Waals surface area contributed by atoms with Crippen molar-refractivity contribution in [3.8, 4) is 5.75 Å². The van der Waals surface area contributed by atoms with Gasteiger partial charge in [-0.3, -0.25) is 19.4 Å². The lowest BCUT2D eigenvalue weighted by atomic mass is 10.1. The molecule has 0 radical (unpaired) electrons. The first-order chi connectivity index (χ1) is 13.6. The van der Waals surface area contributed by atoms with E-state index >= 15 is 0 Å². The van der Waals surface area contributed by atoms with Crippen molar-refractivity contribution in [3.63, 3.8) is 0 Å². The van der Waals surface area contributed by atoms with Crippen molar-refractivity contribution in [2.75, 3.05) is 31.6 Å². The van der Waals surface area contributed by atoms with Gasteiger partial charge in [0.2, 0.25) is 11.8 Å². The Morgan fingerprint density at radius 3 is 2.46 bits per heavy atom. The van der Waals surface area contributed by atoms with Gasteiger partial charge in [-0.2, -0.15) is 0 Å². The molecule has 2 aromatic rings. The normalized spacial score (nSPS) is 16.0. The molecule has 28 heavy (non-hydrogen) atoms. The molecule has 0 aliphatic carbocycles. The summed E-state index contributed by atoms with van der Waals surface area (Å²) < 4.78 is 5.12. The number of amides is 3. The van der Waals surface area contributed by atoms with E-state index in [0.717, 1.165) is 5.69 Å². The smallest absolute Gasteiger partial charge is 0.251 e. The Morgan fingerprint density at radius 2 is 1.79 bits per heavy atom. The van der Waals surface area contributed by atoms with Crippen LogP contribution in [0, 0.1) is 5.92 Å². The summed E-state index contributed by atoms with van der Waals surface area (Å²) >= 11 is 0. The fourth-order valence-corrected chi connectivity index (χ4v) is 3.01. The third-order valence-corrected chi connectivity index (χ3v) is 4.53. The van der Waals surface area contributed by atoms with E-state index in [-0.39, 0.29) is 24.1 Å². The van der Waals surface area contributed by atoms with Gasteiger partial charge in [-0.05, 0) is 36.4 Å². The summed E-state index contributed by atoms with van der Waals surface area (Å²) in [7, 11) is 1.58. The number of anilines is 1. The van der Waals surface area contributed by atoms with Crippen LogP contribution < -0.4 is 20.3 Å². The molecule has 1 aromatic heterocycles. The minimum Gasteiger partial charge on any atom is -0.497 e. The zero-order valence-electron chi connectivity index (χ0n) is 15.6. The summed E-state index contributed by atoms with van der Waals surface area (Å²) in [5, 5.41) is 5.51. The second-order valence-corrected chi connectivity index (χ2v) is 6.39. The highest BCUT2D eigenvalue weighted by Crippen LogP contribution is 2.26. The SMILES string of the molecule is COc1ccc(N2C[C@@H](C(=O)NCCNC(=O)c3ccncc3)CC2=O)cc1. The van der Waals surface area contributed by atoms with Crippen LogP contribution in [-0.2, 0) is 9.59 Å². The van der Waals surface area contributed by atoms with Crippen molar-refractivity contribution in [1.29, 1.82) is 0 Å². The van der Waals surface area contributed by atoms with E-state index in [2.05, 4.69) is 15.6 Å². The molecule has 2 heterocycles. The molecule has 8 heteroatoms. The second-order valence-electron chi connectivity index (χ2n) is 6.39. The van der Waals surface area contributed by atoms with E-state index in [1.807, 2.05) is 0 Å². The first-order valence-corrected chi connectivity index (χ1v) is 8.99. The largest absolute Gasteiger partial charge is 0.497 e. The first kappa shape index (κ1) is 19.3. The zero-order chi connectivity index (χ0) is 19.9. The van der Waals surface area contributed by atoms with Crippen LogP contribution in [0.3, 0.4) is 0 Å². The Bertz CT molecular complexity index is 839. The number of nitrogens with zero attached hydrogens (tertiary/aromatic N) is 2. The first-order valence-electron chi connectivity index (χ1n) is 8.99. The quantitative estimate of drug-likeness (QED) is 0.696. The summed E-state index contributed by atoms with van der Waals surface area (Å²) in [5.74, 6) is -0.207. The van der Waals surface area contributed by atoms with E-state index in [1.165, 1.54) is 0 Å². The number of hydrogen-bond donors (Lipinski definition) is 2. The van der Waals surface area contributed by atoms with E-state index in [1.54, 1.807) is 60.8 Å². The Kier molecular flexibility index (Phi) is 6.21. The van der Waals surface area contributed by atoms with E-state index in [4.69, 9.17) is 4.74 Å². The third-order valence-electron chi connectivity index (χ3n) is 4.53. The summed E-state index contributed by atoms with van der Waals surface area (Å²) in [4.78, 5) is 42.0. The molecular formula is C20H22N4O4. The Morgan fingerprint density at radius 1 is 1.11 bits per heavy atom. The second kappa shape index (κ2) is 8.98. The highest BCUT2D eigenvalue weighted by atomic mass is 16.5. The predicted octanol–water partition coefficient (Wildman–Crippen LogP) is 0.989. The van der Waals surface area contributed by atoms with Crippen molar-refractivity contribution in [2.24, 2.45) is 5.92 Å². The Hall–Kier alpha value is -3.42. The Labute approximate surface area is 162 Å². The van der Waals surface area contributed by atoms with Gasteiger partial charge >= 0.3 is 0 Å². The average molecular weight is 382 g/mol. The molecule has 1 aliphatic rings. The van der Waals surface area contributed by atoms with Gasteiger partial charge in [-0.25, -0.2) is 0 Å². The number of carbonyl (C=O) groups excluding carboxylic acids is 3. The lowest BCUT2D eigenvalue weighted by Gasteiger charge is -2.17. The monoisotopic (exact) mass is 382 g/mol. The number of carbonyl (C=O) groups is 3. The number of nitrogens with one attached hydrogen (secondary N) is 2. The van der Waals surface area contributed by atoms with Crippen molar-refractivity contribution in [2.45, 2.75) is 6.42 Å². The van der Waals surface area contributed by atoms with Crippen molar-refractivity contribution >= 4 is 23.4 Å². The Balaban J connectivity index is 1.44. The molecule has 0 bridgehead atoms. The molecule has 0 unspecified atom stereocenters. The number of rotatable bonds is 7. The van der Waals surface area contributed by atoms with Crippen LogP contribution in [0.5, 0.6) is 5.75 Å². The van der Waals surface area contributed by atoms with Crippen LogP contribution in [0.25, 0.3) is 0 Å². The predicted molar refractivity (Wildman–Crippen MR) is 103 cm³/mol. The number of aromatic nitrogens is 1. The lowest BCUT2D eigenvalue weighted by molar-refractivity contribution is -0.126. The number of pyridine rings is 1. The van der Waals surface area contributed by atoms with Crippen LogP contribution in [-0.4, -0.2) is 49.4 Å². The maximum atomic E-state index is 12.4. The average Bonchev–Trinajstić information content (AvgIpc) is 3.13. The molecule has 146 valence electrons. The third kappa shape index (κ3) is 4.64. The van der Waals surface area contributed by atoms with Gasteiger partial charge in [0.1, 0.15) is 5.75 Å². The summed E-state index contributed by atoms with van der Waals surface area (Å²) in [6.45, 7) is 0.930. The summed E-state index contributed by atoms with van der Waals surface area (Å²) in [6.07, 6.45) is 3.26. The molecule has 1 fully saturated rings. The maximum absolute atomic E-state index is 12.4. The highest BCUT2D eigenvalue weighted by Gasteiger charge is 2.34. The van der Waals surface area contributed by atoms with Gasteiger partial charge in [-0.1, -0.05) is 0 Å². The van der Waals surface area contributed by atoms with E-state index in [0.29, 0.717) is 30.9 Å². The molecule has 3 amide bonds. The maximum Gasteiger partial charge on any atom is 0.251 e. The van der Waals surface area contributed by atoms with Crippen molar-refractivity contribution < 1.29 is 19.1 Å². The lowest BCUT2D eigenvalue weighted by Crippen LogP contribution is -2.38. The van der Waals surface area contributed by atoms with Crippen LogP contribution in [0.15, 0.2) is 48.8 Å². The molecule has 0 spiro atoms. The zero-order valence-corrected chi connectivity index (χ0v) is 15.6. The number of benzene rings is 1. The number of hydrogen-bond acceptors (Lipinski definition) is 5. The standard InChI is InChI=1S/C20H22N4O4/c1-28-17-4-2-16(3-5-17)24-13-15(12-18(24)25)20(27)23-11-10-22-19(26)14-6-8-21-9-7-14/h2-9,15H,10-13H2,1H3,(H,22,26)(H,23,27)/t15-/m0/s1. The topological polar surface area (TPSA) is 101 Å². The van der Waals surface area contributed by atoms with E-state index < -0.39 is 5.92 Å². The van der Waals surface area contributed by atoms with Crippen LogP contribution >= 0.6 is 0 Å². The fourth-order valence-electron chi connectivity index (χ4n) is 3.01. The molecule has 2 N–H and O–H groups in total. The van der Waals surface area contributed by atoms with Gasteiger partial charge in [0.05, 0.1) is 13.0 Å². The molecule has 1 saturated heterocycles. The highest BCUT2D eigenvalue weighted by molar-refractivity contribution is 6.00. The van der Waals surface area contributed by atoms with Gasteiger partial charge in [0.15, 0.2) is 0 Å². The molecule has 0 saturated carbocycles. The summed E-state index contributed by atoms with van der Waals surface area (Å²) in [6, 6.07) is 10.4. The van der Waals surface area contributed by atoms with Crippen LogP contribution in [0.4, 0.5) is 5.69 Å². The molecule has 1 atom stereocenters. The van der Waals surface area contributed by atoms with Gasteiger partial charge < -0.3 is 20.3 Å². The molecular weight excluding hydrogens is 360 g/mol. The van der Waals surface area contributed by atoms with Gasteiger partial charge in [-0.15, -0.1) is 0 Å². The molecule has 1 aliphatic heterocycles. The minimum absolute atomic E-state index is 0.0868. The van der Waals surface area contributed by atoms with Crippen LogP contribution in [0.1, 0.15) is 16.8 Å².